The van der Waals surface area contributed by atoms with Crippen LogP contribution in [0.25, 0.3) is 0 Å². The van der Waals surface area contributed by atoms with Gasteiger partial charge in [-0.25, -0.2) is 5.43 Å². The molecule has 0 unspecified atom stereocenters. The lowest BCUT2D eigenvalue weighted by Gasteiger charge is -2.03. The molecule has 0 atom stereocenters. The molecule has 98 valence electrons. The van der Waals surface area contributed by atoms with Crippen molar-refractivity contribution < 1.29 is 24.5 Å². The van der Waals surface area contributed by atoms with Crippen LogP contribution in [0.15, 0.2) is 40.0 Å². The predicted octanol–water partition coefficient (Wildman–Crippen LogP) is 1.16. The largest absolute Gasteiger partial charge is 0.504 e. The SMILES string of the molecule is O=C(NN=Cc1ccc(O)c(O)c1O)c1ccco1. The molecular formula is C12H10N2O5. The van der Waals surface area contributed by atoms with Crippen molar-refractivity contribution in [1.29, 1.82) is 0 Å². The molecule has 19 heavy (non-hydrogen) atoms. The highest BCUT2D eigenvalue weighted by molar-refractivity contribution is 5.92. The molecule has 0 saturated carbocycles. The Hall–Kier alpha value is -2.96. The van der Waals surface area contributed by atoms with Crippen molar-refractivity contribution in [2.45, 2.75) is 0 Å². The summed E-state index contributed by atoms with van der Waals surface area (Å²) in [7, 11) is 0. The number of nitrogens with zero attached hydrogens (tertiary/aromatic N) is 1. The molecule has 1 aromatic heterocycles. The number of carbonyl (C=O) groups is 1. The minimum absolute atomic E-state index is 0.0925. The standard InChI is InChI=1S/C12H10N2O5/c15-8-4-3-7(10(16)11(8)17)6-13-14-12(18)9-2-1-5-19-9/h1-6,15-17H,(H,14,18). The van der Waals surface area contributed by atoms with Crippen molar-refractivity contribution in [1.82, 2.24) is 5.43 Å². The quantitative estimate of drug-likeness (QED) is 0.376. The van der Waals surface area contributed by atoms with Gasteiger partial charge in [0.1, 0.15) is 0 Å². The molecule has 1 amide bonds. The lowest BCUT2D eigenvalue weighted by atomic mass is 10.2. The third kappa shape index (κ3) is 2.65. The molecule has 7 heteroatoms. The van der Waals surface area contributed by atoms with Crippen molar-refractivity contribution in [2.24, 2.45) is 5.10 Å². The first-order valence-electron chi connectivity index (χ1n) is 5.20. The Morgan fingerprint density at radius 1 is 1.21 bits per heavy atom. The highest BCUT2D eigenvalue weighted by Gasteiger charge is 2.10. The maximum atomic E-state index is 11.4. The van der Waals surface area contributed by atoms with Gasteiger partial charge in [0, 0.05) is 5.56 Å². The van der Waals surface area contributed by atoms with E-state index in [-0.39, 0.29) is 11.3 Å². The van der Waals surface area contributed by atoms with E-state index in [2.05, 4.69) is 10.5 Å². The molecule has 2 aromatic rings. The number of nitrogens with one attached hydrogen (secondary N) is 1. The summed E-state index contributed by atoms with van der Waals surface area (Å²) in [5.41, 5.74) is 2.31. The number of phenols is 3. The van der Waals surface area contributed by atoms with Gasteiger partial charge in [0.2, 0.25) is 5.75 Å². The van der Waals surface area contributed by atoms with E-state index in [1.54, 1.807) is 6.07 Å². The average Bonchev–Trinajstić information content (AvgIpc) is 2.92. The molecule has 0 bridgehead atoms. The molecule has 0 radical (unpaired) electrons. The fourth-order valence-electron chi connectivity index (χ4n) is 1.31. The van der Waals surface area contributed by atoms with Gasteiger partial charge in [0.05, 0.1) is 12.5 Å². The third-order valence-electron chi connectivity index (χ3n) is 2.28. The Morgan fingerprint density at radius 2 is 2.00 bits per heavy atom. The summed E-state index contributed by atoms with van der Waals surface area (Å²) in [6.07, 6.45) is 2.47. The van der Waals surface area contributed by atoms with E-state index in [0.29, 0.717) is 0 Å². The van der Waals surface area contributed by atoms with Crippen LogP contribution in [0.1, 0.15) is 16.1 Å². The Balaban J connectivity index is 2.08. The smallest absolute Gasteiger partial charge is 0.307 e. The first kappa shape index (κ1) is 12.5. The van der Waals surface area contributed by atoms with Gasteiger partial charge < -0.3 is 19.7 Å². The summed E-state index contributed by atoms with van der Waals surface area (Å²) < 4.78 is 4.85. The van der Waals surface area contributed by atoms with E-state index in [0.717, 1.165) is 6.21 Å². The highest BCUT2D eigenvalue weighted by atomic mass is 16.3. The summed E-state index contributed by atoms with van der Waals surface area (Å²) in [4.78, 5) is 11.4. The van der Waals surface area contributed by atoms with Gasteiger partial charge in [0.25, 0.3) is 0 Å². The van der Waals surface area contributed by atoms with Crippen LogP contribution in [0.5, 0.6) is 17.2 Å². The van der Waals surface area contributed by atoms with Crippen LogP contribution >= 0.6 is 0 Å². The number of aromatic hydroxyl groups is 3. The van der Waals surface area contributed by atoms with Gasteiger partial charge in [-0.15, -0.1) is 0 Å². The number of carbonyl (C=O) groups excluding carboxylic acids is 1. The molecule has 4 N–H and O–H groups in total. The molecule has 0 spiro atoms. The minimum atomic E-state index is -0.652. The van der Waals surface area contributed by atoms with Gasteiger partial charge in [-0.1, -0.05) is 0 Å². The van der Waals surface area contributed by atoms with Crippen molar-refractivity contribution in [3.05, 3.63) is 41.9 Å². The molecule has 0 saturated heterocycles. The molecule has 0 aliphatic rings. The van der Waals surface area contributed by atoms with Gasteiger partial charge in [-0.2, -0.15) is 5.10 Å². The van der Waals surface area contributed by atoms with E-state index in [4.69, 9.17) is 9.52 Å². The van der Waals surface area contributed by atoms with Crippen molar-refractivity contribution in [3.8, 4) is 17.2 Å². The zero-order chi connectivity index (χ0) is 13.8. The zero-order valence-corrected chi connectivity index (χ0v) is 9.57. The fourth-order valence-corrected chi connectivity index (χ4v) is 1.31. The van der Waals surface area contributed by atoms with Crippen LogP contribution in [0.3, 0.4) is 0 Å². The summed E-state index contributed by atoms with van der Waals surface area (Å²) in [6.45, 7) is 0. The van der Waals surface area contributed by atoms with Crippen molar-refractivity contribution >= 4 is 12.1 Å². The number of hydrogen-bond acceptors (Lipinski definition) is 6. The number of hydrogen-bond donors (Lipinski definition) is 4. The Kier molecular flexibility index (Phi) is 3.37. The second-order valence-electron chi connectivity index (χ2n) is 3.55. The number of amides is 1. The maximum absolute atomic E-state index is 11.4. The van der Waals surface area contributed by atoms with Crippen LogP contribution < -0.4 is 5.43 Å². The zero-order valence-electron chi connectivity index (χ0n) is 9.57. The Labute approximate surface area is 107 Å². The molecule has 0 fully saturated rings. The molecule has 2 rings (SSSR count). The molecule has 0 aliphatic heterocycles. The number of rotatable bonds is 3. The highest BCUT2D eigenvalue weighted by Crippen LogP contribution is 2.36. The molecule has 1 aromatic carbocycles. The predicted molar refractivity (Wildman–Crippen MR) is 65.2 cm³/mol. The van der Waals surface area contributed by atoms with Crippen LogP contribution in [-0.4, -0.2) is 27.4 Å². The van der Waals surface area contributed by atoms with E-state index in [1.807, 2.05) is 0 Å². The summed E-state index contributed by atoms with van der Waals surface area (Å²) in [5.74, 6) is -2.09. The molecular weight excluding hydrogens is 252 g/mol. The normalized spacial score (nSPS) is 10.7. The van der Waals surface area contributed by atoms with Gasteiger partial charge in [-0.3, -0.25) is 4.79 Å². The second kappa shape index (κ2) is 5.13. The van der Waals surface area contributed by atoms with Gasteiger partial charge >= 0.3 is 5.91 Å². The maximum Gasteiger partial charge on any atom is 0.307 e. The first-order valence-corrected chi connectivity index (χ1v) is 5.20. The lowest BCUT2D eigenvalue weighted by Crippen LogP contribution is -2.16. The van der Waals surface area contributed by atoms with E-state index >= 15 is 0 Å². The fraction of sp³-hybridized carbons (Fsp3) is 0. The van der Waals surface area contributed by atoms with Gasteiger partial charge in [0.15, 0.2) is 17.3 Å². The summed E-state index contributed by atoms with van der Waals surface area (Å²) >= 11 is 0. The number of benzene rings is 1. The Morgan fingerprint density at radius 3 is 2.68 bits per heavy atom. The monoisotopic (exact) mass is 262 g/mol. The third-order valence-corrected chi connectivity index (χ3v) is 2.28. The van der Waals surface area contributed by atoms with Crippen LogP contribution in [-0.2, 0) is 0 Å². The van der Waals surface area contributed by atoms with E-state index < -0.39 is 23.2 Å². The second-order valence-corrected chi connectivity index (χ2v) is 3.55. The number of hydrazone groups is 1. The molecule has 0 aliphatic carbocycles. The number of furan rings is 1. The molecule has 1 heterocycles. The Bertz CT molecular complexity index is 619. The minimum Gasteiger partial charge on any atom is -0.504 e. The van der Waals surface area contributed by atoms with E-state index in [1.165, 1.54) is 24.5 Å². The van der Waals surface area contributed by atoms with Crippen LogP contribution in [0.2, 0.25) is 0 Å². The topological polar surface area (TPSA) is 115 Å². The lowest BCUT2D eigenvalue weighted by molar-refractivity contribution is 0.0927. The van der Waals surface area contributed by atoms with Crippen LogP contribution in [0.4, 0.5) is 0 Å². The summed E-state index contributed by atoms with van der Waals surface area (Å²) in [6, 6.07) is 5.54. The molecule has 7 nitrogen and oxygen atoms in total. The summed E-state index contributed by atoms with van der Waals surface area (Å²) in [5, 5.41) is 31.5. The first-order chi connectivity index (χ1) is 9.09. The van der Waals surface area contributed by atoms with E-state index in [9.17, 15) is 15.0 Å². The average molecular weight is 262 g/mol. The van der Waals surface area contributed by atoms with Crippen molar-refractivity contribution in [3.63, 3.8) is 0 Å². The van der Waals surface area contributed by atoms with Gasteiger partial charge in [-0.05, 0) is 24.3 Å². The number of phenolic OH excluding ortho intramolecular Hbond substituents is 3. The van der Waals surface area contributed by atoms with Crippen LogP contribution in [0, 0.1) is 0 Å². The van der Waals surface area contributed by atoms with Crippen molar-refractivity contribution in [2.75, 3.05) is 0 Å².